The Hall–Kier alpha value is -1.64. The molecule has 104 valence electrons. The second-order valence-corrected chi connectivity index (χ2v) is 5.64. The van der Waals surface area contributed by atoms with Gasteiger partial charge in [0.2, 0.25) is 0 Å². The number of amides is 1. The number of hydrogen-bond donors (Lipinski definition) is 0. The average Bonchev–Trinajstić information content (AvgIpc) is 2.46. The van der Waals surface area contributed by atoms with Crippen LogP contribution in [0.4, 0.5) is 0 Å². The second-order valence-electron chi connectivity index (χ2n) is 4.79. The van der Waals surface area contributed by atoms with Crippen LogP contribution in [-0.2, 0) is 4.79 Å². The summed E-state index contributed by atoms with van der Waals surface area (Å²) >= 11 is 3.42. The fourth-order valence-corrected chi connectivity index (χ4v) is 2.47. The van der Waals surface area contributed by atoms with Crippen LogP contribution in [0.2, 0.25) is 0 Å². The molecule has 0 bridgehead atoms. The molecule has 0 radical (unpaired) electrons. The van der Waals surface area contributed by atoms with Gasteiger partial charge in [-0.2, -0.15) is 5.26 Å². The highest BCUT2D eigenvalue weighted by Gasteiger charge is 2.22. The van der Waals surface area contributed by atoms with Gasteiger partial charge in [-0.25, -0.2) is 0 Å². The Morgan fingerprint density at radius 1 is 1.30 bits per heavy atom. The van der Waals surface area contributed by atoms with Crippen molar-refractivity contribution < 1.29 is 4.79 Å². The molecule has 0 unspecified atom stereocenters. The largest absolute Gasteiger partial charge is 0.335 e. The first-order chi connectivity index (χ1) is 9.61. The Labute approximate surface area is 127 Å². The lowest BCUT2D eigenvalue weighted by molar-refractivity contribution is -0.128. The molecule has 5 heteroatoms. The zero-order chi connectivity index (χ0) is 14.5. The van der Waals surface area contributed by atoms with Crippen LogP contribution < -0.4 is 0 Å². The van der Waals surface area contributed by atoms with E-state index < -0.39 is 0 Å². The van der Waals surface area contributed by atoms with E-state index in [1.165, 1.54) is 0 Å². The van der Waals surface area contributed by atoms with Crippen molar-refractivity contribution in [2.75, 3.05) is 33.2 Å². The van der Waals surface area contributed by atoms with E-state index in [4.69, 9.17) is 0 Å². The number of hydrogen-bond acceptors (Lipinski definition) is 3. The van der Waals surface area contributed by atoms with E-state index in [9.17, 15) is 10.1 Å². The van der Waals surface area contributed by atoms with Crippen molar-refractivity contribution in [3.05, 3.63) is 39.9 Å². The van der Waals surface area contributed by atoms with Gasteiger partial charge in [-0.1, -0.05) is 34.1 Å². The fourth-order valence-electron chi connectivity index (χ4n) is 2.07. The van der Waals surface area contributed by atoms with E-state index in [1.54, 1.807) is 11.0 Å². The minimum absolute atomic E-state index is 0.182. The fraction of sp³-hybridized carbons (Fsp3) is 0.333. The molecule has 4 nitrogen and oxygen atoms in total. The number of nitriles is 1. The van der Waals surface area contributed by atoms with Crippen LogP contribution in [0.25, 0.3) is 6.08 Å². The highest BCUT2D eigenvalue weighted by molar-refractivity contribution is 9.10. The van der Waals surface area contributed by atoms with Crippen LogP contribution in [0.5, 0.6) is 0 Å². The van der Waals surface area contributed by atoms with Crippen molar-refractivity contribution in [2.24, 2.45) is 0 Å². The van der Waals surface area contributed by atoms with Gasteiger partial charge in [-0.05, 0) is 24.8 Å². The number of carbonyl (C=O) groups excluding carboxylic acids is 1. The Bertz CT molecular complexity index is 569. The molecule has 0 aromatic heterocycles. The maximum Gasteiger partial charge on any atom is 0.264 e. The summed E-state index contributed by atoms with van der Waals surface area (Å²) in [5, 5.41) is 9.24. The van der Waals surface area contributed by atoms with E-state index in [0.717, 1.165) is 23.1 Å². The second kappa shape index (κ2) is 6.69. The van der Waals surface area contributed by atoms with Gasteiger partial charge in [-0.3, -0.25) is 4.79 Å². The summed E-state index contributed by atoms with van der Waals surface area (Å²) in [6, 6.07) is 9.56. The first kappa shape index (κ1) is 14.8. The molecule has 1 heterocycles. The molecule has 1 amide bonds. The van der Waals surface area contributed by atoms with Crippen LogP contribution in [0.3, 0.4) is 0 Å². The van der Waals surface area contributed by atoms with Crippen molar-refractivity contribution in [3.63, 3.8) is 0 Å². The number of likely N-dealkylation sites (N-methyl/N-ethyl adjacent to an activating group) is 1. The van der Waals surface area contributed by atoms with E-state index in [-0.39, 0.29) is 11.5 Å². The number of carbonyl (C=O) groups is 1. The molecular formula is C15H16BrN3O. The van der Waals surface area contributed by atoms with Crippen LogP contribution in [-0.4, -0.2) is 48.9 Å². The minimum Gasteiger partial charge on any atom is -0.335 e. The molecule has 20 heavy (non-hydrogen) atoms. The van der Waals surface area contributed by atoms with E-state index in [0.29, 0.717) is 13.1 Å². The molecule has 1 aromatic rings. The molecule has 1 fully saturated rings. The molecule has 0 N–H and O–H groups in total. The van der Waals surface area contributed by atoms with Gasteiger partial charge >= 0.3 is 0 Å². The minimum atomic E-state index is -0.184. The normalized spacial score (nSPS) is 16.9. The summed E-state index contributed by atoms with van der Waals surface area (Å²) in [5.74, 6) is -0.184. The first-order valence-electron chi connectivity index (χ1n) is 6.46. The quantitative estimate of drug-likeness (QED) is 0.615. The Morgan fingerprint density at radius 3 is 2.55 bits per heavy atom. The lowest BCUT2D eigenvalue weighted by Crippen LogP contribution is -2.47. The maximum absolute atomic E-state index is 12.4. The highest BCUT2D eigenvalue weighted by Crippen LogP contribution is 2.19. The molecule has 1 aliphatic heterocycles. The van der Waals surface area contributed by atoms with Crippen LogP contribution in [0.1, 0.15) is 5.56 Å². The molecule has 1 saturated heterocycles. The van der Waals surface area contributed by atoms with Crippen LogP contribution >= 0.6 is 15.9 Å². The number of piperazine rings is 1. The third-order valence-electron chi connectivity index (χ3n) is 3.35. The number of halogens is 1. The Kier molecular flexibility index (Phi) is 4.94. The zero-order valence-corrected chi connectivity index (χ0v) is 12.9. The summed E-state index contributed by atoms with van der Waals surface area (Å²) in [6.45, 7) is 3.04. The summed E-state index contributed by atoms with van der Waals surface area (Å²) in [5.41, 5.74) is 1.02. The Balaban J connectivity index is 2.18. The molecule has 0 aliphatic carbocycles. The van der Waals surface area contributed by atoms with E-state index >= 15 is 0 Å². The molecular weight excluding hydrogens is 318 g/mol. The van der Waals surface area contributed by atoms with Crippen molar-refractivity contribution in [2.45, 2.75) is 0 Å². The topological polar surface area (TPSA) is 47.3 Å². The van der Waals surface area contributed by atoms with E-state index in [2.05, 4.69) is 20.8 Å². The van der Waals surface area contributed by atoms with Crippen molar-refractivity contribution in [1.82, 2.24) is 9.80 Å². The summed E-state index contributed by atoms with van der Waals surface area (Å²) in [4.78, 5) is 16.3. The molecule has 0 saturated carbocycles. The number of rotatable bonds is 2. The summed E-state index contributed by atoms with van der Waals surface area (Å²) in [7, 11) is 2.03. The van der Waals surface area contributed by atoms with Gasteiger partial charge in [0, 0.05) is 30.7 Å². The predicted octanol–water partition coefficient (Wildman–Crippen LogP) is 2.13. The zero-order valence-electron chi connectivity index (χ0n) is 11.3. The monoisotopic (exact) mass is 333 g/mol. The maximum atomic E-state index is 12.4. The lowest BCUT2D eigenvalue weighted by atomic mass is 10.1. The summed E-state index contributed by atoms with van der Waals surface area (Å²) in [6.07, 6.45) is 1.64. The summed E-state index contributed by atoms with van der Waals surface area (Å²) < 4.78 is 0.874. The van der Waals surface area contributed by atoms with Crippen molar-refractivity contribution in [1.29, 1.82) is 5.26 Å². The van der Waals surface area contributed by atoms with Crippen molar-refractivity contribution >= 4 is 27.9 Å². The molecule has 0 spiro atoms. The molecule has 2 rings (SSSR count). The molecule has 1 aliphatic rings. The molecule has 0 atom stereocenters. The smallest absolute Gasteiger partial charge is 0.264 e. The van der Waals surface area contributed by atoms with Crippen molar-refractivity contribution in [3.8, 4) is 6.07 Å². The Morgan fingerprint density at radius 2 is 1.95 bits per heavy atom. The molecule has 1 aromatic carbocycles. The van der Waals surface area contributed by atoms with Gasteiger partial charge < -0.3 is 9.80 Å². The number of nitrogens with zero attached hydrogens (tertiary/aromatic N) is 3. The highest BCUT2D eigenvalue weighted by atomic mass is 79.9. The predicted molar refractivity (Wildman–Crippen MR) is 81.8 cm³/mol. The van der Waals surface area contributed by atoms with Gasteiger partial charge in [0.05, 0.1) is 0 Å². The third-order valence-corrected chi connectivity index (χ3v) is 4.07. The van der Waals surface area contributed by atoms with Crippen LogP contribution in [0, 0.1) is 11.3 Å². The standard InChI is InChI=1S/C15H16BrN3O/c1-18-6-8-19(9-7-18)15(20)13(11-17)10-12-4-2-3-5-14(12)16/h2-5,10H,6-9H2,1H3/b13-10+. The SMILES string of the molecule is CN1CCN(C(=O)/C(C#N)=C/c2ccccc2Br)CC1. The van der Waals surface area contributed by atoms with Gasteiger partial charge in [0.1, 0.15) is 11.6 Å². The van der Waals surface area contributed by atoms with Gasteiger partial charge in [0.25, 0.3) is 5.91 Å². The average molecular weight is 334 g/mol. The lowest BCUT2D eigenvalue weighted by Gasteiger charge is -2.32. The van der Waals surface area contributed by atoms with E-state index in [1.807, 2.05) is 37.4 Å². The first-order valence-corrected chi connectivity index (χ1v) is 7.25. The third kappa shape index (κ3) is 3.47. The number of benzene rings is 1. The van der Waals surface area contributed by atoms with Gasteiger partial charge in [0.15, 0.2) is 0 Å². The van der Waals surface area contributed by atoms with Crippen LogP contribution in [0.15, 0.2) is 34.3 Å². The van der Waals surface area contributed by atoms with Gasteiger partial charge in [-0.15, -0.1) is 0 Å².